The van der Waals surface area contributed by atoms with Crippen LogP contribution >= 0.6 is 11.8 Å². The molecule has 0 bridgehead atoms. The van der Waals surface area contributed by atoms with Gasteiger partial charge in [0, 0.05) is 0 Å². The van der Waals surface area contributed by atoms with Crippen LogP contribution < -0.4 is 9.64 Å². The van der Waals surface area contributed by atoms with Crippen molar-refractivity contribution in [2.75, 3.05) is 4.90 Å². The van der Waals surface area contributed by atoms with E-state index in [1.807, 2.05) is 91.0 Å². The molecular weight excluding hydrogens is 459 g/mol. The predicted molar refractivity (Wildman–Crippen MR) is 140 cm³/mol. The Kier molecular flexibility index (Phi) is 6.73. The van der Waals surface area contributed by atoms with E-state index >= 15 is 0 Å². The number of nitrogens with zero attached hydrogens (tertiary/aromatic N) is 2. The summed E-state index contributed by atoms with van der Waals surface area (Å²) in [6.07, 6.45) is 1.85. The smallest absolute Gasteiger partial charge is 0.271 e. The molecular formula is C29H21FN2O2S. The van der Waals surface area contributed by atoms with Crippen LogP contribution in [0.25, 0.3) is 6.08 Å². The fraction of sp³-hybridized carbons (Fsp3) is 0.0345. The van der Waals surface area contributed by atoms with Gasteiger partial charge in [0.1, 0.15) is 18.2 Å². The molecule has 4 aromatic rings. The van der Waals surface area contributed by atoms with Crippen LogP contribution in [0, 0.1) is 5.82 Å². The fourth-order valence-corrected chi connectivity index (χ4v) is 4.56. The third-order valence-electron chi connectivity index (χ3n) is 5.28. The molecule has 1 aliphatic heterocycles. The number of aliphatic imine (C=N–C) groups is 1. The van der Waals surface area contributed by atoms with Crippen molar-refractivity contribution in [1.82, 2.24) is 0 Å². The van der Waals surface area contributed by atoms with Crippen molar-refractivity contribution in [2.45, 2.75) is 6.61 Å². The second-order valence-corrected chi connectivity index (χ2v) is 8.81. The van der Waals surface area contributed by atoms with E-state index < -0.39 is 0 Å². The number of hydrogen-bond acceptors (Lipinski definition) is 4. The number of thioether (sulfide) groups is 1. The van der Waals surface area contributed by atoms with Crippen molar-refractivity contribution >= 4 is 40.3 Å². The van der Waals surface area contributed by atoms with E-state index in [-0.39, 0.29) is 11.7 Å². The lowest BCUT2D eigenvalue weighted by Crippen LogP contribution is -2.28. The number of carbonyl (C=O) groups excluding carboxylic acids is 1. The Morgan fingerprint density at radius 1 is 0.857 bits per heavy atom. The standard InChI is InChI=1S/C29H21FN2O2S/c30-23-16-14-21(15-17-23)20-34-26-13-7-8-22(18-26)19-27-28(33)32(25-11-5-2-6-12-25)29(35-27)31-24-9-3-1-4-10-24/h1-19H,20H2/b27-19-,31-29?. The number of para-hydroxylation sites is 2. The Morgan fingerprint density at radius 3 is 2.31 bits per heavy atom. The number of halogens is 1. The first-order valence-corrected chi connectivity index (χ1v) is 11.9. The van der Waals surface area contributed by atoms with E-state index in [9.17, 15) is 9.18 Å². The molecule has 0 spiro atoms. The summed E-state index contributed by atoms with van der Waals surface area (Å²) in [5.74, 6) is 0.256. The lowest BCUT2D eigenvalue weighted by Gasteiger charge is -2.15. The average Bonchev–Trinajstić information content (AvgIpc) is 3.19. The first-order chi connectivity index (χ1) is 17.2. The van der Waals surface area contributed by atoms with Gasteiger partial charge in [0.25, 0.3) is 5.91 Å². The Balaban J connectivity index is 1.41. The van der Waals surface area contributed by atoms with E-state index in [1.165, 1.54) is 23.9 Å². The van der Waals surface area contributed by atoms with Gasteiger partial charge in [0.2, 0.25) is 0 Å². The Bertz CT molecular complexity index is 1390. The number of ether oxygens (including phenoxy) is 1. The van der Waals surface area contributed by atoms with Crippen LogP contribution in [-0.4, -0.2) is 11.1 Å². The fourth-order valence-electron chi connectivity index (χ4n) is 3.56. The van der Waals surface area contributed by atoms with Crippen molar-refractivity contribution in [3.63, 3.8) is 0 Å². The first-order valence-electron chi connectivity index (χ1n) is 11.1. The van der Waals surface area contributed by atoms with Gasteiger partial charge >= 0.3 is 0 Å². The van der Waals surface area contributed by atoms with Crippen LogP contribution in [0.5, 0.6) is 5.75 Å². The summed E-state index contributed by atoms with van der Waals surface area (Å²) in [7, 11) is 0. The highest BCUT2D eigenvalue weighted by atomic mass is 32.2. The second-order valence-electron chi connectivity index (χ2n) is 7.80. The molecule has 4 nitrogen and oxygen atoms in total. The Hall–Kier alpha value is -4.16. The van der Waals surface area contributed by atoms with Crippen LogP contribution in [0.4, 0.5) is 15.8 Å². The van der Waals surface area contributed by atoms with E-state index in [2.05, 4.69) is 0 Å². The van der Waals surface area contributed by atoms with Crippen LogP contribution in [0.3, 0.4) is 0 Å². The van der Waals surface area contributed by atoms with Crippen molar-refractivity contribution in [3.05, 3.63) is 131 Å². The van der Waals surface area contributed by atoms with Gasteiger partial charge in [-0.3, -0.25) is 9.69 Å². The summed E-state index contributed by atoms with van der Waals surface area (Å²) in [6.45, 7) is 0.323. The molecule has 1 aliphatic rings. The number of benzene rings is 4. The number of amides is 1. The van der Waals surface area contributed by atoms with Gasteiger partial charge in [0.15, 0.2) is 5.17 Å². The monoisotopic (exact) mass is 480 g/mol. The second kappa shape index (κ2) is 10.4. The number of rotatable bonds is 6. The van der Waals surface area contributed by atoms with E-state index in [1.54, 1.807) is 17.0 Å². The molecule has 0 aliphatic carbocycles. The Morgan fingerprint density at radius 2 is 1.57 bits per heavy atom. The van der Waals surface area contributed by atoms with Crippen molar-refractivity contribution < 1.29 is 13.9 Å². The summed E-state index contributed by atoms with van der Waals surface area (Å²) in [5, 5.41) is 0.599. The minimum atomic E-state index is -0.277. The number of anilines is 1. The molecule has 1 heterocycles. The molecule has 0 atom stereocenters. The lowest BCUT2D eigenvalue weighted by atomic mass is 10.2. The molecule has 0 unspecified atom stereocenters. The highest BCUT2D eigenvalue weighted by Crippen LogP contribution is 2.37. The molecule has 0 aromatic heterocycles. The molecule has 1 saturated heterocycles. The molecule has 172 valence electrons. The SMILES string of the molecule is O=C1/C(=C/c2cccc(OCc3ccc(F)cc3)c2)SC(=Nc2ccccc2)N1c1ccccc1. The molecule has 0 N–H and O–H groups in total. The molecule has 4 aromatic carbocycles. The molecule has 0 radical (unpaired) electrons. The summed E-state index contributed by atoms with van der Waals surface area (Å²) in [6, 6.07) is 32.8. The van der Waals surface area contributed by atoms with Crippen LogP contribution in [0.15, 0.2) is 119 Å². The molecule has 5 rings (SSSR count). The summed E-state index contributed by atoms with van der Waals surface area (Å²) in [5.41, 5.74) is 3.25. The van der Waals surface area contributed by atoms with Gasteiger partial charge in [0.05, 0.1) is 16.3 Å². The maximum Gasteiger partial charge on any atom is 0.271 e. The van der Waals surface area contributed by atoms with E-state index in [4.69, 9.17) is 9.73 Å². The maximum atomic E-state index is 13.4. The third-order valence-corrected chi connectivity index (χ3v) is 6.25. The van der Waals surface area contributed by atoms with Crippen LogP contribution in [0.1, 0.15) is 11.1 Å². The molecule has 6 heteroatoms. The summed E-state index contributed by atoms with van der Waals surface area (Å²) in [4.78, 5) is 20.4. The minimum Gasteiger partial charge on any atom is -0.489 e. The molecule has 1 amide bonds. The zero-order chi connectivity index (χ0) is 24.0. The largest absolute Gasteiger partial charge is 0.489 e. The number of carbonyl (C=O) groups is 1. The van der Waals surface area contributed by atoms with Gasteiger partial charge in [-0.05, 0) is 77.5 Å². The molecule has 1 fully saturated rings. The summed E-state index contributed by atoms with van der Waals surface area (Å²) >= 11 is 1.34. The highest BCUT2D eigenvalue weighted by molar-refractivity contribution is 8.19. The topological polar surface area (TPSA) is 41.9 Å². The highest BCUT2D eigenvalue weighted by Gasteiger charge is 2.34. The number of amidine groups is 1. The zero-order valence-electron chi connectivity index (χ0n) is 18.7. The first kappa shape index (κ1) is 22.6. The van der Waals surface area contributed by atoms with Gasteiger partial charge in [-0.1, -0.05) is 60.7 Å². The normalized spacial score (nSPS) is 15.7. The van der Waals surface area contributed by atoms with Gasteiger partial charge < -0.3 is 4.74 Å². The summed E-state index contributed by atoms with van der Waals surface area (Å²) < 4.78 is 19.0. The Labute approximate surface area is 207 Å². The van der Waals surface area contributed by atoms with Crippen molar-refractivity contribution in [1.29, 1.82) is 0 Å². The molecule has 35 heavy (non-hydrogen) atoms. The quantitative estimate of drug-likeness (QED) is 0.274. The van der Waals surface area contributed by atoms with Gasteiger partial charge in [-0.15, -0.1) is 0 Å². The van der Waals surface area contributed by atoms with Crippen molar-refractivity contribution in [3.8, 4) is 5.75 Å². The van der Waals surface area contributed by atoms with Gasteiger partial charge in [-0.25, -0.2) is 9.38 Å². The van der Waals surface area contributed by atoms with E-state index in [0.717, 1.165) is 22.5 Å². The number of hydrogen-bond donors (Lipinski definition) is 0. The maximum absolute atomic E-state index is 13.4. The zero-order valence-corrected chi connectivity index (χ0v) is 19.5. The molecule has 0 saturated carbocycles. The predicted octanol–water partition coefficient (Wildman–Crippen LogP) is 7.21. The van der Waals surface area contributed by atoms with Crippen LogP contribution in [0.2, 0.25) is 0 Å². The average molecular weight is 481 g/mol. The van der Waals surface area contributed by atoms with Crippen LogP contribution in [-0.2, 0) is 11.4 Å². The minimum absolute atomic E-state index is 0.131. The van der Waals surface area contributed by atoms with Crippen molar-refractivity contribution in [2.24, 2.45) is 4.99 Å². The van der Waals surface area contributed by atoms with E-state index in [0.29, 0.717) is 22.4 Å². The lowest BCUT2D eigenvalue weighted by molar-refractivity contribution is -0.113. The van der Waals surface area contributed by atoms with Gasteiger partial charge in [-0.2, -0.15) is 0 Å². The third kappa shape index (κ3) is 5.50.